The summed E-state index contributed by atoms with van der Waals surface area (Å²) in [5.41, 5.74) is 3.48. The molecule has 144 valence electrons. The maximum atomic E-state index is 12.7. The van der Waals surface area contributed by atoms with Crippen molar-refractivity contribution in [2.75, 3.05) is 13.1 Å². The third-order valence-corrected chi connectivity index (χ3v) is 5.77. The summed E-state index contributed by atoms with van der Waals surface area (Å²) in [4.78, 5) is 14.6. The smallest absolute Gasteiger partial charge is 0.317 e. The van der Waals surface area contributed by atoms with E-state index in [2.05, 4.69) is 37.4 Å². The van der Waals surface area contributed by atoms with Crippen LogP contribution in [-0.4, -0.2) is 30.1 Å². The van der Waals surface area contributed by atoms with Gasteiger partial charge in [0.15, 0.2) is 0 Å². The Bertz CT molecular complexity index is 785. The zero-order valence-electron chi connectivity index (χ0n) is 16.2. The van der Waals surface area contributed by atoms with Gasteiger partial charge in [-0.25, -0.2) is 4.79 Å². The van der Waals surface area contributed by atoms with E-state index < -0.39 is 0 Å². The SMILES string of the molecule is Cc1cccc(C)c1OC1CCN(C(=O)NC2CCCc3occc32)CC1. The lowest BCUT2D eigenvalue weighted by Crippen LogP contribution is -2.47. The molecule has 1 aliphatic heterocycles. The van der Waals surface area contributed by atoms with E-state index in [1.54, 1.807) is 6.26 Å². The van der Waals surface area contributed by atoms with Gasteiger partial charge in [0.05, 0.1) is 12.3 Å². The van der Waals surface area contributed by atoms with Crippen LogP contribution in [0.4, 0.5) is 4.79 Å². The monoisotopic (exact) mass is 368 g/mol. The minimum Gasteiger partial charge on any atom is -0.490 e. The number of carbonyl (C=O) groups excluding carboxylic acids is 1. The van der Waals surface area contributed by atoms with E-state index in [-0.39, 0.29) is 18.2 Å². The highest BCUT2D eigenvalue weighted by Gasteiger charge is 2.28. The molecule has 1 atom stereocenters. The zero-order valence-corrected chi connectivity index (χ0v) is 16.2. The van der Waals surface area contributed by atoms with Crippen LogP contribution in [-0.2, 0) is 6.42 Å². The number of urea groups is 1. The van der Waals surface area contributed by atoms with E-state index in [4.69, 9.17) is 9.15 Å². The van der Waals surface area contributed by atoms with Crippen LogP contribution >= 0.6 is 0 Å². The van der Waals surface area contributed by atoms with Gasteiger partial charge >= 0.3 is 6.03 Å². The Labute approximate surface area is 160 Å². The lowest BCUT2D eigenvalue weighted by molar-refractivity contribution is 0.108. The maximum Gasteiger partial charge on any atom is 0.317 e. The molecule has 0 bridgehead atoms. The van der Waals surface area contributed by atoms with Gasteiger partial charge in [-0.15, -0.1) is 0 Å². The minimum absolute atomic E-state index is 0.0274. The number of amides is 2. The number of benzene rings is 1. The van der Waals surface area contributed by atoms with Crippen LogP contribution in [0.25, 0.3) is 0 Å². The minimum atomic E-state index is 0.0274. The molecule has 5 heteroatoms. The Morgan fingerprint density at radius 3 is 2.63 bits per heavy atom. The van der Waals surface area contributed by atoms with E-state index in [1.165, 1.54) is 11.1 Å². The highest BCUT2D eigenvalue weighted by atomic mass is 16.5. The third-order valence-electron chi connectivity index (χ3n) is 5.77. The number of fused-ring (bicyclic) bond motifs is 1. The molecular formula is C22H28N2O3. The number of ether oxygens (including phenoxy) is 1. The van der Waals surface area contributed by atoms with Crippen molar-refractivity contribution in [1.29, 1.82) is 0 Å². The van der Waals surface area contributed by atoms with Crippen molar-refractivity contribution in [2.45, 2.75) is 58.1 Å². The topological polar surface area (TPSA) is 54.7 Å². The summed E-state index contributed by atoms with van der Waals surface area (Å²) in [5, 5.41) is 3.20. The molecule has 27 heavy (non-hydrogen) atoms. The molecule has 2 aliphatic rings. The van der Waals surface area contributed by atoms with Crippen LogP contribution in [0, 0.1) is 13.8 Å². The summed E-state index contributed by atoms with van der Waals surface area (Å²) in [7, 11) is 0. The van der Waals surface area contributed by atoms with Crippen LogP contribution in [0.15, 0.2) is 34.9 Å². The lowest BCUT2D eigenvalue weighted by Gasteiger charge is -2.34. The molecule has 1 fully saturated rings. The van der Waals surface area contributed by atoms with Gasteiger partial charge in [0.25, 0.3) is 0 Å². The summed E-state index contributed by atoms with van der Waals surface area (Å²) in [6, 6.07) is 8.31. The first kappa shape index (κ1) is 18.0. The van der Waals surface area contributed by atoms with Crippen molar-refractivity contribution in [3.05, 3.63) is 53.0 Å². The Morgan fingerprint density at radius 1 is 1.15 bits per heavy atom. The molecule has 0 spiro atoms. The standard InChI is InChI=1S/C22H28N2O3/c1-15-5-3-6-16(2)21(15)27-17-9-12-24(13-10-17)22(25)23-19-7-4-8-20-18(19)11-14-26-20/h3,5-6,11,14,17,19H,4,7-10,12-13H2,1-2H3,(H,23,25). The lowest BCUT2D eigenvalue weighted by atomic mass is 9.93. The average Bonchev–Trinajstić information content (AvgIpc) is 3.15. The first-order valence-corrected chi connectivity index (χ1v) is 9.96. The fourth-order valence-corrected chi connectivity index (χ4v) is 4.21. The van der Waals surface area contributed by atoms with Crippen molar-refractivity contribution < 1.29 is 13.9 Å². The van der Waals surface area contributed by atoms with E-state index in [0.717, 1.165) is 62.3 Å². The Hall–Kier alpha value is -2.43. The second kappa shape index (κ2) is 7.67. The zero-order chi connectivity index (χ0) is 18.8. The Morgan fingerprint density at radius 2 is 1.89 bits per heavy atom. The molecule has 2 heterocycles. The second-order valence-corrected chi connectivity index (χ2v) is 7.72. The van der Waals surface area contributed by atoms with Crippen LogP contribution in [0.5, 0.6) is 5.75 Å². The number of piperidine rings is 1. The van der Waals surface area contributed by atoms with Gasteiger partial charge in [-0.05, 0) is 43.9 Å². The molecular weight excluding hydrogens is 340 g/mol. The number of hydrogen-bond donors (Lipinski definition) is 1. The summed E-state index contributed by atoms with van der Waals surface area (Å²) in [6.07, 6.45) is 6.62. The summed E-state index contributed by atoms with van der Waals surface area (Å²) in [6.45, 7) is 5.62. The van der Waals surface area contributed by atoms with Crippen molar-refractivity contribution in [3.8, 4) is 5.75 Å². The summed E-state index contributed by atoms with van der Waals surface area (Å²) in [5.74, 6) is 2.02. The van der Waals surface area contributed by atoms with Crippen molar-refractivity contribution >= 4 is 6.03 Å². The molecule has 1 saturated heterocycles. The number of nitrogens with zero attached hydrogens (tertiary/aromatic N) is 1. The van der Waals surface area contributed by atoms with Crippen molar-refractivity contribution in [3.63, 3.8) is 0 Å². The van der Waals surface area contributed by atoms with Crippen LogP contribution < -0.4 is 10.1 Å². The molecule has 0 radical (unpaired) electrons. The van der Waals surface area contributed by atoms with Gasteiger partial charge in [-0.1, -0.05) is 18.2 Å². The normalized spacial score (nSPS) is 20.2. The van der Waals surface area contributed by atoms with Crippen molar-refractivity contribution in [2.24, 2.45) is 0 Å². The highest BCUT2D eigenvalue weighted by Crippen LogP contribution is 2.31. The molecule has 2 amide bonds. The third kappa shape index (κ3) is 3.82. The maximum absolute atomic E-state index is 12.7. The molecule has 1 N–H and O–H groups in total. The largest absolute Gasteiger partial charge is 0.490 e. The first-order chi connectivity index (χ1) is 13.1. The van der Waals surface area contributed by atoms with Gasteiger partial charge < -0.3 is 19.4 Å². The number of aryl methyl sites for hydroxylation is 3. The molecule has 2 aromatic rings. The van der Waals surface area contributed by atoms with Gasteiger partial charge in [0.1, 0.15) is 17.6 Å². The number of carbonyl (C=O) groups is 1. The van der Waals surface area contributed by atoms with E-state index >= 15 is 0 Å². The fraction of sp³-hybridized carbons (Fsp3) is 0.500. The number of para-hydroxylation sites is 1. The fourth-order valence-electron chi connectivity index (χ4n) is 4.21. The quantitative estimate of drug-likeness (QED) is 0.866. The first-order valence-electron chi connectivity index (χ1n) is 9.96. The van der Waals surface area contributed by atoms with Gasteiger partial charge in [0.2, 0.25) is 0 Å². The predicted molar refractivity (Wildman–Crippen MR) is 104 cm³/mol. The average molecular weight is 368 g/mol. The molecule has 5 nitrogen and oxygen atoms in total. The Kier molecular flexibility index (Phi) is 5.10. The number of nitrogens with one attached hydrogen (secondary N) is 1. The van der Waals surface area contributed by atoms with E-state index in [0.29, 0.717) is 0 Å². The molecule has 1 aliphatic carbocycles. The predicted octanol–water partition coefficient (Wildman–Crippen LogP) is 4.53. The molecule has 0 saturated carbocycles. The molecule has 4 rings (SSSR count). The number of hydrogen-bond acceptors (Lipinski definition) is 3. The number of rotatable bonds is 3. The summed E-state index contributed by atoms with van der Waals surface area (Å²) >= 11 is 0. The van der Waals surface area contributed by atoms with E-state index in [1.807, 2.05) is 11.0 Å². The number of likely N-dealkylation sites (tertiary alicyclic amines) is 1. The highest BCUT2D eigenvalue weighted by molar-refractivity contribution is 5.75. The van der Waals surface area contributed by atoms with Crippen LogP contribution in [0.1, 0.15) is 54.2 Å². The van der Waals surface area contributed by atoms with Crippen LogP contribution in [0.3, 0.4) is 0 Å². The molecule has 1 unspecified atom stereocenters. The van der Waals surface area contributed by atoms with Gasteiger partial charge in [-0.3, -0.25) is 0 Å². The van der Waals surface area contributed by atoms with E-state index in [9.17, 15) is 4.79 Å². The van der Waals surface area contributed by atoms with Crippen molar-refractivity contribution in [1.82, 2.24) is 10.2 Å². The van der Waals surface area contributed by atoms with Crippen LogP contribution in [0.2, 0.25) is 0 Å². The number of furan rings is 1. The van der Waals surface area contributed by atoms with Gasteiger partial charge in [-0.2, -0.15) is 0 Å². The molecule has 1 aromatic heterocycles. The van der Waals surface area contributed by atoms with Gasteiger partial charge in [0, 0.05) is 37.9 Å². The Balaban J connectivity index is 1.31. The second-order valence-electron chi connectivity index (χ2n) is 7.72. The summed E-state index contributed by atoms with van der Waals surface area (Å²) < 4.78 is 11.8. The molecule has 1 aromatic carbocycles.